The maximum absolute atomic E-state index is 12.6. The SMILES string of the molecule is CC(C)N(C(=O)CN1CCC(c2nnc3ccccn23)CC1)C(C)C. The second kappa shape index (κ2) is 7.52. The second-order valence-electron chi connectivity index (χ2n) is 7.53. The first-order chi connectivity index (χ1) is 12.0. The summed E-state index contributed by atoms with van der Waals surface area (Å²) in [7, 11) is 0. The van der Waals surface area contributed by atoms with Crippen LogP contribution in [0.2, 0.25) is 0 Å². The van der Waals surface area contributed by atoms with E-state index in [2.05, 4.69) is 47.2 Å². The van der Waals surface area contributed by atoms with E-state index >= 15 is 0 Å². The van der Waals surface area contributed by atoms with E-state index in [9.17, 15) is 4.79 Å². The van der Waals surface area contributed by atoms with Gasteiger partial charge in [0, 0.05) is 24.2 Å². The Morgan fingerprint density at radius 1 is 1.16 bits per heavy atom. The van der Waals surface area contributed by atoms with Gasteiger partial charge in [0.1, 0.15) is 5.82 Å². The minimum Gasteiger partial charge on any atom is -0.337 e. The standard InChI is InChI=1S/C19H29N5O/c1-14(2)24(15(3)4)18(25)13-22-11-8-16(9-12-22)19-21-20-17-7-5-6-10-23(17)19/h5-7,10,14-16H,8-9,11-13H2,1-4H3. The lowest BCUT2D eigenvalue weighted by Gasteiger charge is -2.35. The maximum Gasteiger partial charge on any atom is 0.237 e. The molecule has 0 aliphatic carbocycles. The first-order valence-electron chi connectivity index (χ1n) is 9.30. The van der Waals surface area contributed by atoms with Crippen LogP contribution in [0.3, 0.4) is 0 Å². The van der Waals surface area contributed by atoms with Gasteiger partial charge in [-0.15, -0.1) is 10.2 Å². The van der Waals surface area contributed by atoms with Crippen molar-refractivity contribution in [3.05, 3.63) is 30.2 Å². The van der Waals surface area contributed by atoms with E-state index in [-0.39, 0.29) is 18.0 Å². The number of carbonyl (C=O) groups is 1. The number of pyridine rings is 1. The molecule has 0 bridgehead atoms. The van der Waals surface area contributed by atoms with Crippen molar-refractivity contribution < 1.29 is 4.79 Å². The highest BCUT2D eigenvalue weighted by atomic mass is 16.2. The van der Waals surface area contributed by atoms with Gasteiger partial charge < -0.3 is 4.90 Å². The van der Waals surface area contributed by atoms with Crippen LogP contribution in [-0.4, -0.2) is 62.0 Å². The highest BCUT2D eigenvalue weighted by molar-refractivity contribution is 5.78. The number of nitrogens with zero attached hydrogens (tertiary/aromatic N) is 5. The van der Waals surface area contributed by atoms with Gasteiger partial charge in [-0.25, -0.2) is 0 Å². The summed E-state index contributed by atoms with van der Waals surface area (Å²) >= 11 is 0. The molecule has 0 saturated carbocycles. The smallest absolute Gasteiger partial charge is 0.237 e. The number of hydrogen-bond acceptors (Lipinski definition) is 4. The van der Waals surface area contributed by atoms with Crippen LogP contribution >= 0.6 is 0 Å². The van der Waals surface area contributed by atoms with Crippen LogP contribution in [0.4, 0.5) is 0 Å². The summed E-state index contributed by atoms with van der Waals surface area (Å²) in [5, 5.41) is 8.66. The summed E-state index contributed by atoms with van der Waals surface area (Å²) in [4.78, 5) is 16.9. The van der Waals surface area contributed by atoms with Crippen molar-refractivity contribution in [2.24, 2.45) is 0 Å². The van der Waals surface area contributed by atoms with Crippen molar-refractivity contribution in [2.75, 3.05) is 19.6 Å². The number of likely N-dealkylation sites (tertiary alicyclic amines) is 1. The van der Waals surface area contributed by atoms with Gasteiger partial charge >= 0.3 is 0 Å². The molecule has 3 heterocycles. The molecule has 6 nitrogen and oxygen atoms in total. The number of hydrogen-bond donors (Lipinski definition) is 0. The predicted molar refractivity (Wildman–Crippen MR) is 98.5 cm³/mol. The molecule has 2 aromatic heterocycles. The first-order valence-corrected chi connectivity index (χ1v) is 9.30. The number of rotatable bonds is 5. The molecule has 25 heavy (non-hydrogen) atoms. The fourth-order valence-electron chi connectivity index (χ4n) is 3.93. The fraction of sp³-hybridized carbons (Fsp3) is 0.632. The van der Waals surface area contributed by atoms with Crippen molar-refractivity contribution in [1.82, 2.24) is 24.4 Å². The molecule has 1 fully saturated rings. The largest absolute Gasteiger partial charge is 0.337 e. The topological polar surface area (TPSA) is 53.7 Å². The molecule has 6 heteroatoms. The van der Waals surface area contributed by atoms with E-state index in [1.807, 2.05) is 29.3 Å². The van der Waals surface area contributed by atoms with E-state index in [1.165, 1.54) is 0 Å². The Morgan fingerprint density at radius 3 is 2.48 bits per heavy atom. The molecule has 0 radical (unpaired) electrons. The summed E-state index contributed by atoms with van der Waals surface area (Å²) in [5.74, 6) is 1.69. The molecule has 136 valence electrons. The normalized spacial score (nSPS) is 16.9. The number of amides is 1. The third-order valence-electron chi connectivity index (χ3n) is 5.05. The van der Waals surface area contributed by atoms with E-state index in [0.717, 1.165) is 37.4 Å². The average molecular weight is 343 g/mol. The Morgan fingerprint density at radius 2 is 1.84 bits per heavy atom. The van der Waals surface area contributed by atoms with Crippen molar-refractivity contribution in [3.8, 4) is 0 Å². The highest BCUT2D eigenvalue weighted by Gasteiger charge is 2.27. The number of aromatic nitrogens is 3. The molecule has 0 unspecified atom stereocenters. The van der Waals surface area contributed by atoms with Gasteiger partial charge in [-0.2, -0.15) is 0 Å². The van der Waals surface area contributed by atoms with Gasteiger partial charge in [0.05, 0.1) is 6.54 Å². The van der Waals surface area contributed by atoms with Gasteiger partial charge in [0.2, 0.25) is 5.91 Å². The van der Waals surface area contributed by atoms with Crippen molar-refractivity contribution >= 4 is 11.6 Å². The van der Waals surface area contributed by atoms with Crippen LogP contribution in [0.25, 0.3) is 5.65 Å². The zero-order chi connectivity index (χ0) is 18.0. The van der Waals surface area contributed by atoms with E-state index in [0.29, 0.717) is 12.5 Å². The number of carbonyl (C=O) groups excluding carboxylic acids is 1. The molecule has 0 N–H and O–H groups in total. The quantitative estimate of drug-likeness (QED) is 0.837. The second-order valence-corrected chi connectivity index (χ2v) is 7.53. The Bertz CT molecular complexity index is 707. The number of fused-ring (bicyclic) bond motifs is 1. The predicted octanol–water partition coefficient (Wildman–Crippen LogP) is 2.55. The highest BCUT2D eigenvalue weighted by Crippen LogP contribution is 2.27. The summed E-state index contributed by atoms with van der Waals surface area (Å²) in [6.07, 6.45) is 4.07. The Hall–Kier alpha value is -1.95. The van der Waals surface area contributed by atoms with Crippen LogP contribution in [-0.2, 0) is 4.79 Å². The monoisotopic (exact) mass is 343 g/mol. The summed E-state index contributed by atoms with van der Waals surface area (Å²) in [6.45, 7) is 10.7. The Labute approximate surface area is 149 Å². The molecule has 0 spiro atoms. The lowest BCUT2D eigenvalue weighted by atomic mass is 9.96. The van der Waals surface area contributed by atoms with Gasteiger partial charge in [0.15, 0.2) is 5.65 Å². The van der Waals surface area contributed by atoms with E-state index in [4.69, 9.17) is 0 Å². The van der Waals surface area contributed by atoms with E-state index < -0.39 is 0 Å². The van der Waals surface area contributed by atoms with Crippen molar-refractivity contribution in [2.45, 2.75) is 58.5 Å². The summed E-state index contributed by atoms with van der Waals surface area (Å²) in [6, 6.07) is 6.47. The minimum atomic E-state index is 0.233. The Balaban J connectivity index is 1.59. The molecule has 1 saturated heterocycles. The lowest BCUT2D eigenvalue weighted by Crippen LogP contribution is -2.48. The summed E-state index contributed by atoms with van der Waals surface area (Å²) in [5.41, 5.74) is 0.902. The Kier molecular flexibility index (Phi) is 5.37. The molecule has 0 atom stereocenters. The molecule has 3 rings (SSSR count). The third-order valence-corrected chi connectivity index (χ3v) is 5.05. The number of piperidine rings is 1. The first kappa shape index (κ1) is 17.9. The van der Waals surface area contributed by atoms with Crippen LogP contribution in [0, 0.1) is 0 Å². The molecule has 1 aliphatic heterocycles. The van der Waals surface area contributed by atoms with Gasteiger partial charge in [-0.1, -0.05) is 6.07 Å². The van der Waals surface area contributed by atoms with Gasteiger partial charge in [-0.05, 0) is 65.8 Å². The van der Waals surface area contributed by atoms with Crippen LogP contribution in [0.15, 0.2) is 24.4 Å². The summed E-state index contributed by atoms with van der Waals surface area (Å²) < 4.78 is 2.09. The third kappa shape index (κ3) is 3.84. The zero-order valence-corrected chi connectivity index (χ0v) is 15.7. The van der Waals surface area contributed by atoms with Crippen molar-refractivity contribution in [1.29, 1.82) is 0 Å². The van der Waals surface area contributed by atoms with E-state index in [1.54, 1.807) is 0 Å². The molecule has 0 aromatic carbocycles. The average Bonchev–Trinajstić information content (AvgIpc) is 2.99. The molecule has 1 amide bonds. The zero-order valence-electron chi connectivity index (χ0n) is 15.7. The van der Waals surface area contributed by atoms with Crippen LogP contribution in [0.5, 0.6) is 0 Å². The van der Waals surface area contributed by atoms with Crippen LogP contribution in [0.1, 0.15) is 52.3 Å². The van der Waals surface area contributed by atoms with Crippen LogP contribution < -0.4 is 0 Å². The van der Waals surface area contributed by atoms with Gasteiger partial charge in [0.25, 0.3) is 0 Å². The molecular formula is C19H29N5O. The van der Waals surface area contributed by atoms with Gasteiger partial charge in [-0.3, -0.25) is 14.1 Å². The maximum atomic E-state index is 12.6. The molecular weight excluding hydrogens is 314 g/mol. The lowest BCUT2D eigenvalue weighted by molar-refractivity contribution is -0.136. The molecule has 1 aliphatic rings. The van der Waals surface area contributed by atoms with Crippen molar-refractivity contribution in [3.63, 3.8) is 0 Å². The minimum absolute atomic E-state index is 0.233. The molecule has 2 aromatic rings. The fourth-order valence-corrected chi connectivity index (χ4v) is 3.93.